The third kappa shape index (κ3) is 5.12. The van der Waals surface area contributed by atoms with Crippen LogP contribution in [0.2, 0.25) is 0 Å². The van der Waals surface area contributed by atoms with Gasteiger partial charge in [-0.05, 0) is 43.5 Å². The molecule has 2 aromatic carbocycles. The Balaban J connectivity index is 1.63. The standard InChI is InChI=1S/C26H30N4O3S/c1-5-15-34-26-28-25-27-17(2)23(18(3)31)24(30(25)29-26)20-11-12-21(22(16-20)32-4)33-14-13-19-9-7-6-8-10-19/h6-12,16,24H,5,13-15H2,1-4H3,(H,27,28,29). The third-order valence-electron chi connectivity index (χ3n) is 5.64. The van der Waals surface area contributed by atoms with Crippen molar-refractivity contribution in [3.8, 4) is 11.5 Å². The second kappa shape index (κ2) is 10.8. The number of nitrogens with one attached hydrogen (secondary N) is 1. The van der Waals surface area contributed by atoms with Crippen LogP contribution in [0.25, 0.3) is 0 Å². The molecule has 7 nitrogen and oxygen atoms in total. The second-order valence-corrected chi connectivity index (χ2v) is 9.19. The van der Waals surface area contributed by atoms with E-state index in [0.717, 1.165) is 29.9 Å². The zero-order valence-electron chi connectivity index (χ0n) is 20.0. The van der Waals surface area contributed by atoms with E-state index in [9.17, 15) is 4.79 Å². The van der Waals surface area contributed by atoms with Gasteiger partial charge in [0.1, 0.15) is 6.04 Å². The lowest BCUT2D eigenvalue weighted by Gasteiger charge is -2.28. The molecule has 2 heterocycles. The van der Waals surface area contributed by atoms with Gasteiger partial charge in [0.2, 0.25) is 11.1 Å². The molecule has 0 bridgehead atoms. The Labute approximate surface area is 204 Å². The quantitative estimate of drug-likeness (QED) is 0.397. The molecule has 0 fully saturated rings. The number of nitrogens with zero attached hydrogens (tertiary/aromatic N) is 3. The van der Waals surface area contributed by atoms with Crippen molar-refractivity contribution in [1.29, 1.82) is 0 Å². The lowest BCUT2D eigenvalue weighted by atomic mass is 9.93. The van der Waals surface area contributed by atoms with E-state index in [4.69, 9.17) is 14.6 Å². The first-order valence-electron chi connectivity index (χ1n) is 11.4. The van der Waals surface area contributed by atoms with Crippen LogP contribution in [0.15, 0.2) is 65.0 Å². The number of fused-ring (bicyclic) bond motifs is 1. The molecule has 34 heavy (non-hydrogen) atoms. The number of hydrogen-bond donors (Lipinski definition) is 1. The van der Waals surface area contributed by atoms with Gasteiger partial charge in [0.15, 0.2) is 17.3 Å². The summed E-state index contributed by atoms with van der Waals surface area (Å²) in [6.45, 7) is 6.15. The Bertz CT molecular complexity index is 1190. The summed E-state index contributed by atoms with van der Waals surface area (Å²) < 4.78 is 13.5. The van der Waals surface area contributed by atoms with E-state index in [1.165, 1.54) is 5.56 Å². The third-order valence-corrected chi connectivity index (χ3v) is 6.69. The van der Waals surface area contributed by atoms with Gasteiger partial charge in [-0.15, -0.1) is 5.10 Å². The Hall–Kier alpha value is -3.26. The second-order valence-electron chi connectivity index (χ2n) is 8.13. The van der Waals surface area contributed by atoms with Gasteiger partial charge >= 0.3 is 0 Å². The number of Topliss-reactive ketones (excluding diaryl/α,β-unsaturated/α-hetero) is 1. The molecule has 1 N–H and O–H groups in total. The molecule has 0 saturated carbocycles. The maximum Gasteiger partial charge on any atom is 0.227 e. The van der Waals surface area contributed by atoms with Crippen LogP contribution in [-0.4, -0.2) is 40.0 Å². The molecule has 1 unspecified atom stereocenters. The number of thioether (sulfide) groups is 1. The highest BCUT2D eigenvalue weighted by molar-refractivity contribution is 7.99. The lowest BCUT2D eigenvalue weighted by molar-refractivity contribution is -0.114. The maximum atomic E-state index is 12.7. The summed E-state index contributed by atoms with van der Waals surface area (Å²) in [7, 11) is 1.62. The molecule has 1 aromatic heterocycles. The van der Waals surface area contributed by atoms with Crippen molar-refractivity contribution >= 4 is 23.5 Å². The first-order chi connectivity index (χ1) is 16.5. The molecule has 0 radical (unpaired) electrons. The number of anilines is 1. The number of hydrogen-bond acceptors (Lipinski definition) is 7. The first kappa shape index (κ1) is 23.9. The minimum atomic E-state index is -0.399. The summed E-state index contributed by atoms with van der Waals surface area (Å²) in [5.74, 6) is 2.84. The van der Waals surface area contributed by atoms with Crippen LogP contribution in [0.3, 0.4) is 0 Å². The number of allylic oxidation sites excluding steroid dienone is 2. The summed E-state index contributed by atoms with van der Waals surface area (Å²) in [6, 6.07) is 15.6. The predicted molar refractivity (Wildman–Crippen MR) is 135 cm³/mol. The molecule has 1 atom stereocenters. The van der Waals surface area contributed by atoms with Gasteiger partial charge < -0.3 is 14.8 Å². The Morgan fingerprint density at radius 3 is 2.68 bits per heavy atom. The molecule has 0 aliphatic carbocycles. The van der Waals surface area contributed by atoms with E-state index in [1.807, 2.05) is 43.3 Å². The Morgan fingerprint density at radius 1 is 1.18 bits per heavy atom. The van der Waals surface area contributed by atoms with E-state index in [1.54, 1.807) is 30.5 Å². The molecular formula is C26H30N4O3S. The van der Waals surface area contributed by atoms with Gasteiger partial charge in [-0.2, -0.15) is 4.98 Å². The van der Waals surface area contributed by atoms with Crippen molar-refractivity contribution in [3.63, 3.8) is 0 Å². The average Bonchev–Trinajstić information content (AvgIpc) is 3.24. The van der Waals surface area contributed by atoms with E-state index in [2.05, 4.69) is 29.4 Å². The van der Waals surface area contributed by atoms with Crippen molar-refractivity contribution in [2.75, 3.05) is 24.8 Å². The molecule has 4 rings (SSSR count). The normalized spacial score (nSPS) is 15.0. The number of carbonyl (C=O) groups excluding carboxylic acids is 1. The minimum Gasteiger partial charge on any atom is -0.493 e. The zero-order chi connectivity index (χ0) is 24.1. The maximum absolute atomic E-state index is 12.7. The van der Waals surface area contributed by atoms with Crippen molar-refractivity contribution in [2.24, 2.45) is 0 Å². The molecule has 1 aliphatic heterocycles. The highest BCUT2D eigenvalue weighted by Gasteiger charge is 2.33. The van der Waals surface area contributed by atoms with Crippen LogP contribution in [0.4, 0.5) is 5.95 Å². The number of methoxy groups -OCH3 is 1. The monoisotopic (exact) mass is 478 g/mol. The lowest BCUT2D eigenvalue weighted by Crippen LogP contribution is -2.27. The van der Waals surface area contributed by atoms with Gasteiger partial charge in [0, 0.05) is 23.4 Å². The van der Waals surface area contributed by atoms with Gasteiger partial charge in [-0.25, -0.2) is 4.68 Å². The average molecular weight is 479 g/mol. The van der Waals surface area contributed by atoms with Crippen LogP contribution < -0.4 is 14.8 Å². The smallest absolute Gasteiger partial charge is 0.227 e. The number of ether oxygens (including phenoxy) is 2. The summed E-state index contributed by atoms with van der Waals surface area (Å²) >= 11 is 1.61. The van der Waals surface area contributed by atoms with Crippen LogP contribution in [0, 0.1) is 0 Å². The number of ketones is 1. The van der Waals surface area contributed by atoms with Crippen molar-refractivity contribution in [1.82, 2.24) is 14.8 Å². The van der Waals surface area contributed by atoms with Crippen molar-refractivity contribution in [3.05, 3.63) is 70.9 Å². The van der Waals surface area contributed by atoms with Gasteiger partial charge in [0.05, 0.1) is 13.7 Å². The zero-order valence-corrected chi connectivity index (χ0v) is 20.8. The minimum absolute atomic E-state index is 0.0129. The highest BCUT2D eigenvalue weighted by atomic mass is 32.2. The molecule has 0 amide bonds. The molecule has 178 valence electrons. The van der Waals surface area contributed by atoms with E-state index in [-0.39, 0.29) is 5.78 Å². The van der Waals surface area contributed by atoms with E-state index < -0.39 is 6.04 Å². The van der Waals surface area contributed by atoms with E-state index >= 15 is 0 Å². The van der Waals surface area contributed by atoms with Crippen LogP contribution in [0.1, 0.15) is 44.4 Å². The highest BCUT2D eigenvalue weighted by Crippen LogP contribution is 2.39. The molecular weight excluding hydrogens is 448 g/mol. The Morgan fingerprint density at radius 2 is 1.97 bits per heavy atom. The fraction of sp³-hybridized carbons (Fsp3) is 0.346. The predicted octanol–water partition coefficient (Wildman–Crippen LogP) is 5.29. The van der Waals surface area contributed by atoms with Gasteiger partial charge in [-0.1, -0.05) is 55.1 Å². The molecule has 3 aromatic rings. The fourth-order valence-electron chi connectivity index (χ4n) is 4.05. The molecule has 0 spiro atoms. The van der Waals surface area contributed by atoms with Crippen molar-refractivity contribution < 1.29 is 14.3 Å². The summed E-state index contributed by atoms with van der Waals surface area (Å²) in [6.07, 6.45) is 1.83. The summed E-state index contributed by atoms with van der Waals surface area (Å²) in [4.78, 5) is 17.3. The number of carbonyl (C=O) groups is 1. The number of benzene rings is 2. The fourth-order valence-corrected chi connectivity index (χ4v) is 4.73. The van der Waals surface area contributed by atoms with Crippen molar-refractivity contribution in [2.45, 2.75) is 44.8 Å². The number of rotatable bonds is 10. The van der Waals surface area contributed by atoms with Crippen LogP contribution in [-0.2, 0) is 11.2 Å². The summed E-state index contributed by atoms with van der Waals surface area (Å²) in [5, 5.41) is 8.67. The largest absolute Gasteiger partial charge is 0.493 e. The Kier molecular flexibility index (Phi) is 7.57. The summed E-state index contributed by atoms with van der Waals surface area (Å²) in [5.41, 5.74) is 3.54. The topological polar surface area (TPSA) is 78.3 Å². The van der Waals surface area contributed by atoms with Crippen LogP contribution in [0.5, 0.6) is 11.5 Å². The van der Waals surface area contributed by atoms with Crippen LogP contribution >= 0.6 is 11.8 Å². The van der Waals surface area contributed by atoms with E-state index in [0.29, 0.717) is 34.8 Å². The molecule has 0 saturated heterocycles. The van der Waals surface area contributed by atoms with Gasteiger partial charge in [-0.3, -0.25) is 4.79 Å². The molecule has 8 heteroatoms. The number of aromatic nitrogens is 3. The van der Waals surface area contributed by atoms with Gasteiger partial charge in [0.25, 0.3) is 0 Å². The SMILES string of the molecule is CCCSc1nc2n(n1)C(c1ccc(OCCc3ccccc3)c(OC)c1)C(C(C)=O)=C(C)N2. The molecule has 1 aliphatic rings. The first-order valence-corrected chi connectivity index (χ1v) is 12.4.